The zero-order chi connectivity index (χ0) is 16.0. The Kier molecular flexibility index (Phi) is 3.32. The molecule has 2 unspecified atom stereocenters. The maximum absolute atomic E-state index is 12.5. The van der Waals surface area contributed by atoms with Gasteiger partial charge >= 0.3 is 6.03 Å². The van der Waals surface area contributed by atoms with E-state index < -0.39 is 0 Å². The second kappa shape index (κ2) is 5.37. The molecule has 0 aliphatic carbocycles. The SMILES string of the molecule is Cc1nnc(-c2cccc(NC(=O)N3C4CCCC3C4)c2)n1C. The number of carbonyl (C=O) groups excluding carboxylic acids is 1. The zero-order valence-corrected chi connectivity index (χ0v) is 13.5. The zero-order valence-electron chi connectivity index (χ0n) is 13.5. The van der Waals surface area contributed by atoms with Gasteiger partial charge in [-0.3, -0.25) is 0 Å². The Morgan fingerprint density at radius 3 is 2.70 bits per heavy atom. The minimum Gasteiger partial charge on any atom is -0.318 e. The predicted molar refractivity (Wildman–Crippen MR) is 88.1 cm³/mol. The number of urea groups is 1. The third-order valence-corrected chi connectivity index (χ3v) is 5.10. The van der Waals surface area contributed by atoms with Gasteiger partial charge in [0.25, 0.3) is 0 Å². The summed E-state index contributed by atoms with van der Waals surface area (Å²) in [6, 6.07) is 8.70. The van der Waals surface area contributed by atoms with Gasteiger partial charge in [0.15, 0.2) is 5.82 Å². The Morgan fingerprint density at radius 1 is 1.26 bits per heavy atom. The van der Waals surface area contributed by atoms with E-state index in [0.717, 1.165) is 35.7 Å². The highest BCUT2D eigenvalue weighted by molar-refractivity contribution is 5.91. The van der Waals surface area contributed by atoms with Crippen LogP contribution >= 0.6 is 0 Å². The van der Waals surface area contributed by atoms with Crippen molar-refractivity contribution in [3.8, 4) is 11.4 Å². The Bertz CT molecular complexity index is 739. The van der Waals surface area contributed by atoms with Crippen molar-refractivity contribution in [1.82, 2.24) is 19.7 Å². The molecular formula is C17H21N5O. The summed E-state index contributed by atoms with van der Waals surface area (Å²) < 4.78 is 1.95. The first-order valence-corrected chi connectivity index (χ1v) is 8.19. The van der Waals surface area contributed by atoms with Crippen LogP contribution in [-0.4, -0.2) is 37.8 Å². The number of nitrogens with zero attached hydrogens (tertiary/aromatic N) is 4. The maximum Gasteiger partial charge on any atom is 0.322 e. The molecule has 6 heteroatoms. The summed E-state index contributed by atoms with van der Waals surface area (Å²) in [6.45, 7) is 1.92. The van der Waals surface area contributed by atoms with Gasteiger partial charge in [0.05, 0.1) is 0 Å². The third kappa shape index (κ3) is 2.38. The topological polar surface area (TPSA) is 63.1 Å². The predicted octanol–water partition coefficient (Wildman–Crippen LogP) is 2.95. The number of aryl methyl sites for hydroxylation is 1. The van der Waals surface area contributed by atoms with Crippen LogP contribution in [0.2, 0.25) is 0 Å². The second-order valence-electron chi connectivity index (χ2n) is 6.52. The molecule has 2 bridgehead atoms. The Morgan fingerprint density at radius 2 is 2.04 bits per heavy atom. The first-order valence-electron chi connectivity index (χ1n) is 8.19. The minimum absolute atomic E-state index is 0.0252. The van der Waals surface area contributed by atoms with Crippen LogP contribution in [0.5, 0.6) is 0 Å². The molecule has 23 heavy (non-hydrogen) atoms. The van der Waals surface area contributed by atoms with Crippen LogP contribution in [-0.2, 0) is 7.05 Å². The number of rotatable bonds is 2. The van der Waals surface area contributed by atoms with Crippen LogP contribution in [0, 0.1) is 6.92 Å². The summed E-state index contributed by atoms with van der Waals surface area (Å²) in [4.78, 5) is 14.5. The monoisotopic (exact) mass is 311 g/mol. The summed E-state index contributed by atoms with van der Waals surface area (Å²) in [5, 5.41) is 11.3. The normalized spacial score (nSPS) is 22.6. The summed E-state index contributed by atoms with van der Waals surface area (Å²) in [5.41, 5.74) is 1.76. The molecule has 2 saturated heterocycles. The Labute approximate surface area is 135 Å². The van der Waals surface area contributed by atoms with Crippen molar-refractivity contribution in [1.29, 1.82) is 0 Å². The van der Waals surface area contributed by atoms with E-state index in [4.69, 9.17) is 0 Å². The van der Waals surface area contributed by atoms with Gasteiger partial charge < -0.3 is 14.8 Å². The Hall–Kier alpha value is -2.37. The van der Waals surface area contributed by atoms with Crippen molar-refractivity contribution in [2.24, 2.45) is 7.05 Å². The average molecular weight is 311 g/mol. The fourth-order valence-corrected chi connectivity index (χ4v) is 3.72. The van der Waals surface area contributed by atoms with E-state index in [2.05, 4.69) is 15.5 Å². The highest BCUT2D eigenvalue weighted by atomic mass is 16.2. The number of carbonyl (C=O) groups is 1. The number of piperidine rings is 1. The van der Waals surface area contributed by atoms with Crippen LogP contribution in [0.15, 0.2) is 24.3 Å². The highest BCUT2D eigenvalue weighted by Gasteiger charge is 2.44. The molecule has 2 aliphatic heterocycles. The molecule has 0 saturated carbocycles. The lowest BCUT2D eigenvalue weighted by Crippen LogP contribution is -2.62. The molecule has 2 aliphatic rings. The number of hydrogen-bond acceptors (Lipinski definition) is 3. The van der Waals surface area contributed by atoms with E-state index in [1.807, 2.05) is 47.7 Å². The molecule has 120 valence electrons. The molecule has 0 spiro atoms. The molecule has 4 rings (SSSR count). The smallest absolute Gasteiger partial charge is 0.318 e. The van der Waals surface area contributed by atoms with Gasteiger partial charge in [-0.2, -0.15) is 0 Å². The fourth-order valence-electron chi connectivity index (χ4n) is 3.72. The molecule has 2 amide bonds. The van der Waals surface area contributed by atoms with Crippen LogP contribution < -0.4 is 5.32 Å². The van der Waals surface area contributed by atoms with E-state index in [9.17, 15) is 4.79 Å². The number of amides is 2. The summed E-state index contributed by atoms with van der Waals surface area (Å²) >= 11 is 0. The summed E-state index contributed by atoms with van der Waals surface area (Å²) in [5.74, 6) is 1.67. The highest BCUT2D eigenvalue weighted by Crippen LogP contribution is 2.38. The molecule has 1 N–H and O–H groups in total. The van der Waals surface area contributed by atoms with Crippen LogP contribution in [0.25, 0.3) is 11.4 Å². The van der Waals surface area contributed by atoms with Gasteiger partial charge in [-0.25, -0.2) is 4.79 Å². The number of fused-ring (bicyclic) bond motifs is 2. The molecule has 1 aromatic carbocycles. The quantitative estimate of drug-likeness (QED) is 0.927. The molecule has 2 atom stereocenters. The second-order valence-corrected chi connectivity index (χ2v) is 6.52. The van der Waals surface area contributed by atoms with Gasteiger partial charge in [0.2, 0.25) is 0 Å². The maximum atomic E-state index is 12.5. The number of benzene rings is 1. The van der Waals surface area contributed by atoms with Gasteiger partial charge in [0.1, 0.15) is 5.82 Å². The first kappa shape index (κ1) is 14.2. The van der Waals surface area contributed by atoms with Crippen LogP contribution in [0.1, 0.15) is 31.5 Å². The summed E-state index contributed by atoms with van der Waals surface area (Å²) in [7, 11) is 1.94. The largest absolute Gasteiger partial charge is 0.322 e. The summed E-state index contributed by atoms with van der Waals surface area (Å²) in [6.07, 6.45) is 4.70. The van der Waals surface area contributed by atoms with Crippen LogP contribution in [0.3, 0.4) is 0 Å². The molecular weight excluding hydrogens is 290 g/mol. The van der Waals surface area contributed by atoms with Crippen molar-refractivity contribution in [2.45, 2.75) is 44.7 Å². The minimum atomic E-state index is 0.0252. The van der Waals surface area contributed by atoms with Gasteiger partial charge in [-0.15, -0.1) is 10.2 Å². The molecule has 1 aromatic heterocycles. The van der Waals surface area contributed by atoms with Gasteiger partial charge in [-0.05, 0) is 44.7 Å². The molecule has 0 radical (unpaired) electrons. The number of nitrogens with one attached hydrogen (secondary N) is 1. The molecule has 2 fully saturated rings. The lowest BCUT2D eigenvalue weighted by molar-refractivity contribution is 0.0173. The fraction of sp³-hybridized carbons (Fsp3) is 0.471. The average Bonchev–Trinajstić information content (AvgIpc) is 2.88. The molecule has 2 aromatic rings. The van der Waals surface area contributed by atoms with E-state index in [-0.39, 0.29) is 6.03 Å². The number of aromatic nitrogens is 3. The van der Waals surface area contributed by atoms with Crippen molar-refractivity contribution in [3.63, 3.8) is 0 Å². The first-order chi connectivity index (χ1) is 11.1. The van der Waals surface area contributed by atoms with Crippen molar-refractivity contribution in [2.75, 3.05) is 5.32 Å². The van der Waals surface area contributed by atoms with Crippen molar-refractivity contribution < 1.29 is 4.79 Å². The van der Waals surface area contributed by atoms with Crippen molar-refractivity contribution >= 4 is 11.7 Å². The third-order valence-electron chi connectivity index (χ3n) is 5.10. The van der Waals surface area contributed by atoms with E-state index in [0.29, 0.717) is 12.1 Å². The lowest BCUT2D eigenvalue weighted by Gasteiger charge is -2.52. The molecule has 6 nitrogen and oxygen atoms in total. The van der Waals surface area contributed by atoms with Gasteiger partial charge in [0, 0.05) is 30.4 Å². The van der Waals surface area contributed by atoms with Gasteiger partial charge in [-0.1, -0.05) is 12.1 Å². The van der Waals surface area contributed by atoms with E-state index in [1.165, 1.54) is 12.8 Å². The standard InChI is InChI=1S/C17H21N5O/c1-11-19-20-16(21(11)2)12-5-3-6-13(9-12)18-17(23)22-14-7-4-8-15(22)10-14/h3,5-6,9,14-15H,4,7-8,10H2,1-2H3,(H,18,23). The van der Waals surface area contributed by atoms with Crippen molar-refractivity contribution in [3.05, 3.63) is 30.1 Å². The van der Waals surface area contributed by atoms with E-state index >= 15 is 0 Å². The number of anilines is 1. The van der Waals surface area contributed by atoms with E-state index in [1.54, 1.807) is 0 Å². The lowest BCUT2D eigenvalue weighted by atomic mass is 9.80. The molecule has 3 heterocycles. The Balaban J connectivity index is 1.53. The van der Waals surface area contributed by atoms with Crippen LogP contribution in [0.4, 0.5) is 10.5 Å². The number of hydrogen-bond donors (Lipinski definition) is 1.